The van der Waals surface area contributed by atoms with Crippen LogP contribution in [-0.4, -0.2) is 41.1 Å². The molecule has 1 unspecified atom stereocenters. The Bertz CT molecular complexity index is 849. The highest BCUT2D eigenvalue weighted by Gasteiger charge is 2.28. The number of rotatable bonds is 5. The molecule has 1 N–H and O–H groups in total. The van der Waals surface area contributed by atoms with Gasteiger partial charge in [-0.15, -0.1) is 23.2 Å². The van der Waals surface area contributed by atoms with E-state index in [1.165, 1.54) is 23.3 Å². The zero-order valence-electron chi connectivity index (χ0n) is 16.4. The summed E-state index contributed by atoms with van der Waals surface area (Å²) in [6, 6.07) is 6.13. The van der Waals surface area contributed by atoms with Crippen molar-refractivity contribution in [2.75, 3.05) is 7.11 Å². The van der Waals surface area contributed by atoms with Crippen LogP contribution in [0, 0.1) is 29.7 Å². The van der Waals surface area contributed by atoms with Crippen molar-refractivity contribution in [3.63, 3.8) is 0 Å². The molecule has 0 bridgehead atoms. The first-order valence-electron chi connectivity index (χ1n) is 9.30. The molecule has 2 rings (SSSR count). The van der Waals surface area contributed by atoms with Gasteiger partial charge in [-0.25, -0.2) is 4.79 Å². The van der Waals surface area contributed by atoms with Gasteiger partial charge in [-0.1, -0.05) is 26.0 Å². The van der Waals surface area contributed by atoms with Crippen molar-refractivity contribution in [3.05, 3.63) is 34.0 Å². The molecule has 1 aliphatic rings. The fourth-order valence-corrected chi connectivity index (χ4v) is 3.45. The van der Waals surface area contributed by atoms with Crippen molar-refractivity contribution in [1.82, 2.24) is 4.90 Å². The molecule has 1 saturated heterocycles. The van der Waals surface area contributed by atoms with Crippen LogP contribution in [-0.2, 0) is 9.53 Å². The van der Waals surface area contributed by atoms with E-state index >= 15 is 0 Å². The SMILES string of the molecule is CCC#CCC(C)[C@H](O)/C=C/[C@H]1CCC(=O)N1C#Cc1ccc(C(=O)OC)s1. The van der Waals surface area contributed by atoms with Crippen LogP contribution >= 0.6 is 11.3 Å². The Kier molecular flexibility index (Phi) is 8.32. The number of hydrogen-bond donors (Lipinski definition) is 1. The highest BCUT2D eigenvalue weighted by atomic mass is 32.1. The maximum absolute atomic E-state index is 12.2. The number of nitrogens with zero attached hydrogens (tertiary/aromatic N) is 1. The van der Waals surface area contributed by atoms with E-state index in [2.05, 4.69) is 28.5 Å². The number of amides is 1. The lowest BCUT2D eigenvalue weighted by Gasteiger charge is -2.17. The monoisotopic (exact) mass is 399 g/mol. The molecule has 1 amide bonds. The first-order chi connectivity index (χ1) is 13.5. The Morgan fingerprint density at radius 3 is 2.96 bits per heavy atom. The van der Waals surface area contributed by atoms with E-state index < -0.39 is 12.1 Å². The molecule has 1 aliphatic heterocycles. The molecular weight excluding hydrogens is 374 g/mol. The van der Waals surface area contributed by atoms with Gasteiger partial charge in [-0.05, 0) is 30.4 Å². The normalized spacial score (nSPS) is 18.2. The Morgan fingerprint density at radius 1 is 1.46 bits per heavy atom. The minimum absolute atomic E-state index is 0.0230. The summed E-state index contributed by atoms with van der Waals surface area (Å²) in [5.41, 5.74) is 0. The summed E-state index contributed by atoms with van der Waals surface area (Å²) in [5.74, 6) is 8.58. The molecule has 1 aromatic rings. The third kappa shape index (κ3) is 5.99. The van der Waals surface area contributed by atoms with E-state index in [-0.39, 0.29) is 17.9 Å². The van der Waals surface area contributed by atoms with Gasteiger partial charge in [0.1, 0.15) is 4.88 Å². The van der Waals surface area contributed by atoms with Crippen molar-refractivity contribution < 1.29 is 19.4 Å². The van der Waals surface area contributed by atoms with Gasteiger partial charge >= 0.3 is 5.97 Å². The summed E-state index contributed by atoms with van der Waals surface area (Å²) in [6.07, 6.45) is 5.50. The van der Waals surface area contributed by atoms with Gasteiger partial charge in [-0.2, -0.15) is 0 Å². The second kappa shape index (κ2) is 10.7. The third-order valence-corrected chi connectivity index (χ3v) is 5.37. The maximum Gasteiger partial charge on any atom is 0.348 e. The Labute approximate surface area is 170 Å². The van der Waals surface area contributed by atoms with Gasteiger partial charge in [0.25, 0.3) is 0 Å². The van der Waals surface area contributed by atoms with E-state index in [4.69, 9.17) is 0 Å². The van der Waals surface area contributed by atoms with E-state index in [1.54, 1.807) is 18.2 Å². The Balaban J connectivity index is 2.03. The van der Waals surface area contributed by atoms with E-state index in [1.807, 2.05) is 19.9 Å². The predicted molar refractivity (Wildman–Crippen MR) is 109 cm³/mol. The quantitative estimate of drug-likeness (QED) is 0.469. The summed E-state index contributed by atoms with van der Waals surface area (Å²) in [6.45, 7) is 3.94. The molecule has 0 spiro atoms. The first-order valence-corrected chi connectivity index (χ1v) is 10.1. The van der Waals surface area contributed by atoms with Crippen LogP contribution in [0.5, 0.6) is 0 Å². The van der Waals surface area contributed by atoms with Crippen LogP contribution in [0.4, 0.5) is 0 Å². The minimum atomic E-state index is -0.614. The van der Waals surface area contributed by atoms with Gasteiger partial charge in [0.15, 0.2) is 0 Å². The van der Waals surface area contributed by atoms with Gasteiger partial charge in [0.05, 0.1) is 24.1 Å². The fraction of sp³-hybridized carbons (Fsp3) is 0.455. The highest BCUT2D eigenvalue weighted by Crippen LogP contribution is 2.21. The number of esters is 1. The lowest BCUT2D eigenvalue weighted by Crippen LogP contribution is -2.27. The van der Waals surface area contributed by atoms with Crippen molar-refractivity contribution in [3.8, 4) is 23.8 Å². The average molecular weight is 400 g/mol. The molecule has 2 heterocycles. The van der Waals surface area contributed by atoms with Gasteiger partial charge in [0.2, 0.25) is 5.91 Å². The summed E-state index contributed by atoms with van der Waals surface area (Å²) >= 11 is 1.23. The lowest BCUT2D eigenvalue weighted by molar-refractivity contribution is -0.125. The number of ether oxygens (including phenoxy) is 1. The van der Waals surface area contributed by atoms with Crippen LogP contribution in [0.25, 0.3) is 0 Å². The lowest BCUT2D eigenvalue weighted by atomic mass is 10.00. The molecule has 0 radical (unpaired) electrons. The van der Waals surface area contributed by atoms with Crippen LogP contribution in [0.15, 0.2) is 24.3 Å². The standard InChI is InChI=1S/C22H25NO4S/c1-4-5-6-7-16(2)19(24)11-8-17-9-13-21(25)23(17)15-14-18-10-12-20(28-18)22(26)27-3/h8,10-12,16-17,19,24H,4,7,9,13H2,1-3H3/b11-8+/t16?,17-,19+/m0/s1. The van der Waals surface area contributed by atoms with Crippen molar-refractivity contribution in [1.29, 1.82) is 0 Å². The molecule has 0 saturated carbocycles. The van der Waals surface area contributed by atoms with Gasteiger partial charge in [0, 0.05) is 25.3 Å². The Morgan fingerprint density at radius 2 is 2.25 bits per heavy atom. The fourth-order valence-electron chi connectivity index (χ4n) is 2.67. The van der Waals surface area contributed by atoms with Crippen LogP contribution in [0.2, 0.25) is 0 Å². The summed E-state index contributed by atoms with van der Waals surface area (Å²) in [4.78, 5) is 26.3. The van der Waals surface area contributed by atoms with Crippen LogP contribution < -0.4 is 0 Å². The number of thiophene rings is 1. The molecule has 0 aliphatic carbocycles. The minimum Gasteiger partial charge on any atom is -0.465 e. The molecule has 0 aromatic carbocycles. The number of hydrogen-bond acceptors (Lipinski definition) is 5. The largest absolute Gasteiger partial charge is 0.465 e. The summed E-state index contributed by atoms with van der Waals surface area (Å²) in [7, 11) is 1.33. The smallest absolute Gasteiger partial charge is 0.348 e. The molecular formula is C22H25NO4S. The third-order valence-electron chi connectivity index (χ3n) is 4.39. The number of likely N-dealkylation sites (tertiary alicyclic amines) is 1. The summed E-state index contributed by atoms with van der Waals surface area (Å²) in [5, 5.41) is 10.3. The average Bonchev–Trinajstić information content (AvgIpc) is 3.30. The van der Waals surface area contributed by atoms with E-state index in [9.17, 15) is 14.7 Å². The number of aliphatic hydroxyl groups excluding tert-OH is 1. The van der Waals surface area contributed by atoms with Crippen molar-refractivity contribution >= 4 is 23.2 Å². The van der Waals surface area contributed by atoms with Crippen molar-refractivity contribution in [2.24, 2.45) is 5.92 Å². The van der Waals surface area contributed by atoms with Gasteiger partial charge < -0.3 is 9.84 Å². The second-order valence-corrected chi connectivity index (χ2v) is 7.61. The molecule has 1 fully saturated rings. The number of methoxy groups -OCH3 is 1. The number of carbonyl (C=O) groups is 2. The number of aliphatic hydroxyl groups is 1. The Hall–Kier alpha value is -2.54. The molecule has 148 valence electrons. The summed E-state index contributed by atoms with van der Waals surface area (Å²) < 4.78 is 4.68. The predicted octanol–water partition coefficient (Wildman–Crippen LogP) is 3.19. The van der Waals surface area contributed by atoms with Crippen molar-refractivity contribution in [2.45, 2.75) is 51.7 Å². The first kappa shape index (κ1) is 21.8. The van der Waals surface area contributed by atoms with E-state index in [0.717, 1.165) is 6.42 Å². The zero-order chi connectivity index (χ0) is 20.5. The van der Waals surface area contributed by atoms with Crippen LogP contribution in [0.1, 0.15) is 54.1 Å². The molecule has 3 atom stereocenters. The molecule has 5 nitrogen and oxygen atoms in total. The second-order valence-electron chi connectivity index (χ2n) is 6.53. The highest BCUT2D eigenvalue weighted by molar-refractivity contribution is 7.14. The van der Waals surface area contributed by atoms with Crippen LogP contribution in [0.3, 0.4) is 0 Å². The topological polar surface area (TPSA) is 66.8 Å². The molecule has 28 heavy (non-hydrogen) atoms. The van der Waals surface area contributed by atoms with E-state index in [0.29, 0.717) is 29.0 Å². The molecule has 6 heteroatoms. The maximum atomic E-state index is 12.2. The number of carbonyl (C=O) groups excluding carboxylic acids is 2. The molecule has 1 aromatic heterocycles. The zero-order valence-corrected chi connectivity index (χ0v) is 17.2. The van der Waals surface area contributed by atoms with Gasteiger partial charge in [-0.3, -0.25) is 9.69 Å².